The highest BCUT2D eigenvalue weighted by Crippen LogP contribution is 2.11. The molecule has 4 N–H and O–H groups in total. The maximum Gasteiger partial charge on any atom is 0.137 e. The van der Waals surface area contributed by atoms with E-state index in [2.05, 4.69) is 9.97 Å². The summed E-state index contributed by atoms with van der Waals surface area (Å²) in [6.07, 6.45) is 3.57. The number of rotatable bonds is 1. The van der Waals surface area contributed by atoms with Crippen LogP contribution in [0.2, 0.25) is 0 Å². The Morgan fingerprint density at radius 1 is 1.08 bits per heavy atom. The van der Waals surface area contributed by atoms with Crippen molar-refractivity contribution in [2.75, 3.05) is 0 Å². The first-order chi connectivity index (χ1) is 5.47. The third-order valence-electron chi connectivity index (χ3n) is 1.55. The number of nitrogens with zero attached hydrogens (tertiary/aromatic N) is 1. The van der Waals surface area contributed by atoms with Crippen molar-refractivity contribution in [1.82, 2.24) is 16.1 Å². The van der Waals surface area contributed by atoms with E-state index in [-0.39, 0.29) is 6.15 Å². The first kappa shape index (κ1) is 8.49. The molecule has 0 aliphatic rings. The van der Waals surface area contributed by atoms with Gasteiger partial charge < -0.3 is 11.1 Å². The maximum absolute atomic E-state index is 4.13. The Hall–Kier alpha value is -1.61. The second kappa shape index (κ2) is 3.69. The standard InChI is InChI=1S/C9H8N2.H3N/c1-2-4-8(5-3-1)9-10-6-7-11-9;/h1-7H,(H,10,11);1H3. The van der Waals surface area contributed by atoms with E-state index in [0.717, 1.165) is 11.4 Å². The van der Waals surface area contributed by atoms with E-state index in [4.69, 9.17) is 0 Å². The second-order valence-electron chi connectivity index (χ2n) is 2.30. The largest absolute Gasteiger partial charge is 0.345 e. The van der Waals surface area contributed by atoms with Gasteiger partial charge in [-0.15, -0.1) is 0 Å². The van der Waals surface area contributed by atoms with E-state index in [9.17, 15) is 0 Å². The Labute approximate surface area is 71.1 Å². The summed E-state index contributed by atoms with van der Waals surface area (Å²) in [6, 6.07) is 10.0. The van der Waals surface area contributed by atoms with Crippen LogP contribution in [-0.4, -0.2) is 9.97 Å². The molecular formula is C9H11N3. The van der Waals surface area contributed by atoms with Crippen LogP contribution in [0.1, 0.15) is 0 Å². The number of nitrogens with one attached hydrogen (secondary N) is 1. The smallest absolute Gasteiger partial charge is 0.137 e. The molecule has 0 radical (unpaired) electrons. The lowest BCUT2D eigenvalue weighted by Gasteiger charge is -1.92. The van der Waals surface area contributed by atoms with Crippen LogP contribution in [0.15, 0.2) is 42.7 Å². The van der Waals surface area contributed by atoms with Gasteiger partial charge in [0.1, 0.15) is 5.82 Å². The van der Waals surface area contributed by atoms with Crippen molar-refractivity contribution < 1.29 is 0 Å². The highest BCUT2D eigenvalue weighted by molar-refractivity contribution is 5.53. The first-order valence-corrected chi connectivity index (χ1v) is 3.51. The predicted molar refractivity (Wildman–Crippen MR) is 49.0 cm³/mol. The summed E-state index contributed by atoms with van der Waals surface area (Å²) in [7, 11) is 0. The molecule has 1 heterocycles. The van der Waals surface area contributed by atoms with Gasteiger partial charge in [-0.2, -0.15) is 0 Å². The fourth-order valence-corrected chi connectivity index (χ4v) is 1.02. The number of benzene rings is 1. The van der Waals surface area contributed by atoms with E-state index >= 15 is 0 Å². The second-order valence-corrected chi connectivity index (χ2v) is 2.30. The van der Waals surface area contributed by atoms with Crippen LogP contribution in [0.3, 0.4) is 0 Å². The molecule has 3 nitrogen and oxygen atoms in total. The first-order valence-electron chi connectivity index (χ1n) is 3.51. The third-order valence-corrected chi connectivity index (χ3v) is 1.55. The van der Waals surface area contributed by atoms with Gasteiger partial charge in [0.25, 0.3) is 0 Å². The zero-order valence-electron chi connectivity index (χ0n) is 6.70. The van der Waals surface area contributed by atoms with Crippen LogP contribution in [-0.2, 0) is 0 Å². The monoisotopic (exact) mass is 161 g/mol. The normalized spacial score (nSPS) is 9.00. The molecule has 1 aromatic heterocycles. The molecule has 12 heavy (non-hydrogen) atoms. The van der Waals surface area contributed by atoms with Gasteiger partial charge in [-0.25, -0.2) is 4.98 Å². The number of aromatic amines is 1. The summed E-state index contributed by atoms with van der Waals surface area (Å²) in [4.78, 5) is 7.17. The summed E-state index contributed by atoms with van der Waals surface area (Å²) in [5, 5.41) is 0. The van der Waals surface area contributed by atoms with Crippen molar-refractivity contribution in [3.8, 4) is 11.4 Å². The fourth-order valence-electron chi connectivity index (χ4n) is 1.02. The van der Waals surface area contributed by atoms with Crippen LogP contribution >= 0.6 is 0 Å². The van der Waals surface area contributed by atoms with Crippen molar-refractivity contribution in [2.45, 2.75) is 0 Å². The fraction of sp³-hybridized carbons (Fsp3) is 0. The SMILES string of the molecule is N.c1ccc(-c2ncc[nH]2)cc1. The predicted octanol–water partition coefficient (Wildman–Crippen LogP) is 2.24. The Balaban J connectivity index is 0.000000720. The molecule has 0 unspecified atom stereocenters. The van der Waals surface area contributed by atoms with Gasteiger partial charge in [-0.1, -0.05) is 30.3 Å². The topological polar surface area (TPSA) is 63.7 Å². The van der Waals surface area contributed by atoms with Crippen LogP contribution < -0.4 is 6.15 Å². The van der Waals surface area contributed by atoms with Crippen molar-refractivity contribution in [1.29, 1.82) is 0 Å². The molecule has 3 heteroatoms. The number of hydrogen-bond acceptors (Lipinski definition) is 2. The Morgan fingerprint density at radius 3 is 2.42 bits per heavy atom. The lowest BCUT2D eigenvalue weighted by molar-refractivity contribution is 1.31. The minimum Gasteiger partial charge on any atom is -0.345 e. The van der Waals surface area contributed by atoms with Gasteiger partial charge in [0, 0.05) is 18.0 Å². The van der Waals surface area contributed by atoms with E-state index in [0.29, 0.717) is 0 Å². The van der Waals surface area contributed by atoms with Crippen LogP contribution in [0.4, 0.5) is 0 Å². The molecule has 0 fully saturated rings. The van der Waals surface area contributed by atoms with Gasteiger partial charge in [0.2, 0.25) is 0 Å². The molecule has 0 saturated carbocycles. The zero-order valence-corrected chi connectivity index (χ0v) is 6.70. The van der Waals surface area contributed by atoms with Crippen molar-refractivity contribution in [3.05, 3.63) is 42.7 Å². The van der Waals surface area contributed by atoms with Crippen LogP contribution in [0.25, 0.3) is 11.4 Å². The molecule has 2 aromatic rings. The summed E-state index contributed by atoms with van der Waals surface area (Å²) >= 11 is 0. The van der Waals surface area contributed by atoms with Gasteiger partial charge in [0.15, 0.2) is 0 Å². The molecular weight excluding hydrogens is 150 g/mol. The average molecular weight is 161 g/mol. The molecule has 0 aliphatic carbocycles. The maximum atomic E-state index is 4.13. The lowest BCUT2D eigenvalue weighted by Crippen LogP contribution is -1.77. The molecule has 0 spiro atoms. The van der Waals surface area contributed by atoms with E-state index in [1.807, 2.05) is 36.5 Å². The van der Waals surface area contributed by atoms with E-state index < -0.39 is 0 Å². The average Bonchev–Trinajstić information content (AvgIpc) is 2.58. The Kier molecular flexibility index (Phi) is 2.61. The number of H-pyrrole nitrogens is 1. The summed E-state index contributed by atoms with van der Waals surface area (Å²) < 4.78 is 0. The molecule has 0 saturated heterocycles. The molecule has 62 valence electrons. The lowest BCUT2D eigenvalue weighted by atomic mass is 10.2. The number of imidazole rings is 1. The zero-order chi connectivity index (χ0) is 7.52. The highest BCUT2D eigenvalue weighted by Gasteiger charge is 1.94. The highest BCUT2D eigenvalue weighted by atomic mass is 14.9. The molecule has 0 aliphatic heterocycles. The number of aromatic nitrogens is 2. The Morgan fingerprint density at radius 2 is 1.83 bits per heavy atom. The minimum absolute atomic E-state index is 0. The van der Waals surface area contributed by atoms with Gasteiger partial charge >= 0.3 is 0 Å². The summed E-state index contributed by atoms with van der Waals surface area (Å²) in [5.74, 6) is 0.922. The quantitative estimate of drug-likeness (QED) is 0.673. The van der Waals surface area contributed by atoms with E-state index in [1.54, 1.807) is 6.20 Å². The minimum atomic E-state index is 0. The molecule has 0 atom stereocenters. The molecule has 2 rings (SSSR count). The Bertz CT molecular complexity index is 313. The van der Waals surface area contributed by atoms with E-state index in [1.165, 1.54) is 0 Å². The van der Waals surface area contributed by atoms with Crippen molar-refractivity contribution in [3.63, 3.8) is 0 Å². The van der Waals surface area contributed by atoms with Crippen molar-refractivity contribution >= 4 is 0 Å². The summed E-state index contributed by atoms with van der Waals surface area (Å²) in [6.45, 7) is 0. The van der Waals surface area contributed by atoms with Gasteiger partial charge in [0.05, 0.1) is 0 Å². The molecule has 1 aromatic carbocycles. The molecule has 0 bridgehead atoms. The van der Waals surface area contributed by atoms with Crippen LogP contribution in [0.5, 0.6) is 0 Å². The summed E-state index contributed by atoms with van der Waals surface area (Å²) in [5.41, 5.74) is 1.12. The molecule has 0 amide bonds. The third kappa shape index (κ3) is 1.52. The van der Waals surface area contributed by atoms with Gasteiger partial charge in [-0.3, -0.25) is 0 Å². The van der Waals surface area contributed by atoms with Gasteiger partial charge in [-0.05, 0) is 0 Å². The van der Waals surface area contributed by atoms with Crippen LogP contribution in [0, 0.1) is 0 Å². The van der Waals surface area contributed by atoms with Crippen molar-refractivity contribution in [2.24, 2.45) is 0 Å². The number of hydrogen-bond donors (Lipinski definition) is 2.